The number of fused-ring (bicyclic) bond motifs is 6. The average Bonchev–Trinajstić information content (AvgIpc) is 3.54. The van der Waals surface area contributed by atoms with E-state index in [0.717, 1.165) is 12.1 Å². The summed E-state index contributed by atoms with van der Waals surface area (Å²) in [5.74, 6) is -2.60. The maximum absolute atomic E-state index is 12.9. The quantitative estimate of drug-likeness (QED) is 0.0507. The van der Waals surface area contributed by atoms with Crippen LogP contribution < -0.4 is 9.64 Å². The molecule has 4 aromatic rings. The van der Waals surface area contributed by atoms with Gasteiger partial charge in [0.15, 0.2) is 5.71 Å². The first-order chi connectivity index (χ1) is 31.1. The lowest BCUT2D eigenvalue weighted by Gasteiger charge is -2.31. The molecular formula is C40H44N2O20S6. The van der Waals surface area contributed by atoms with Crippen LogP contribution in [0.15, 0.2) is 87.1 Å². The fourth-order valence-corrected chi connectivity index (χ4v) is 12.8. The fraction of sp³-hybridized carbons (Fsp3) is 0.350. The number of carbonyl (C=O) groups excluding carboxylic acids is 1. The van der Waals surface area contributed by atoms with E-state index in [0.29, 0.717) is 23.0 Å². The Labute approximate surface area is 392 Å². The van der Waals surface area contributed by atoms with Crippen LogP contribution in [-0.4, -0.2) is 125 Å². The number of benzene rings is 4. The molecule has 0 saturated heterocycles. The molecule has 0 fully saturated rings. The molecule has 2 aliphatic heterocycles. The van der Waals surface area contributed by atoms with Crippen molar-refractivity contribution >= 4 is 106 Å². The maximum Gasteiger partial charge on any atom is 0.298 e. The van der Waals surface area contributed by atoms with Crippen molar-refractivity contribution in [1.82, 2.24) is 0 Å². The van der Waals surface area contributed by atoms with Crippen molar-refractivity contribution < 1.29 is 91.9 Å². The van der Waals surface area contributed by atoms with Crippen LogP contribution in [0.3, 0.4) is 0 Å². The fourth-order valence-electron chi connectivity index (χ4n) is 9.21. The summed E-state index contributed by atoms with van der Waals surface area (Å²) in [7, 11) is -29.3. The van der Waals surface area contributed by atoms with Crippen LogP contribution in [0.4, 0.5) is 11.4 Å². The highest BCUT2D eigenvalue weighted by molar-refractivity contribution is 7.87. The number of carbonyl (C=O) groups is 1. The summed E-state index contributed by atoms with van der Waals surface area (Å²) in [4.78, 5) is 10.2. The molecule has 1 unspecified atom stereocenters. The lowest BCUT2D eigenvalue weighted by Crippen LogP contribution is -2.31. The van der Waals surface area contributed by atoms with E-state index in [1.807, 2.05) is 0 Å². The molecule has 0 amide bonds. The third-order valence-electron chi connectivity index (χ3n) is 11.8. The number of nitrogens with zero attached hydrogens (tertiary/aromatic N) is 2. The Morgan fingerprint density at radius 3 is 1.91 bits per heavy atom. The first-order valence-electron chi connectivity index (χ1n) is 20.0. The van der Waals surface area contributed by atoms with Crippen molar-refractivity contribution in [2.45, 2.75) is 72.0 Å². The first-order valence-corrected chi connectivity index (χ1v) is 29.1. The first kappa shape index (κ1) is 52.6. The zero-order chi connectivity index (χ0) is 50.8. The Hall–Kier alpha value is -4.72. The molecule has 0 bridgehead atoms. The zero-order valence-electron chi connectivity index (χ0n) is 36.0. The predicted octanol–water partition coefficient (Wildman–Crippen LogP) is 3.74. The monoisotopic (exact) mass is 1060 g/mol. The van der Waals surface area contributed by atoms with Gasteiger partial charge >= 0.3 is 0 Å². The van der Waals surface area contributed by atoms with E-state index in [1.54, 1.807) is 31.4 Å². The Balaban J connectivity index is 1.65. The minimum Gasteiger partial charge on any atom is -0.748 e. The maximum atomic E-state index is 12.9. The van der Waals surface area contributed by atoms with E-state index in [1.165, 1.54) is 47.4 Å². The third kappa shape index (κ3) is 11.0. The lowest BCUT2D eigenvalue weighted by molar-refractivity contribution is -0.437. The number of ether oxygens (including phenoxy) is 1. The Morgan fingerprint density at radius 2 is 1.34 bits per heavy atom. The van der Waals surface area contributed by atoms with Crippen molar-refractivity contribution in [3.63, 3.8) is 0 Å². The molecule has 370 valence electrons. The molecule has 2 heterocycles. The second kappa shape index (κ2) is 18.2. The summed E-state index contributed by atoms with van der Waals surface area (Å²) in [6.45, 7) is 4.57. The number of allylic oxidation sites excluding steroid dienone is 4. The van der Waals surface area contributed by atoms with Gasteiger partial charge in [-0.2, -0.15) is 46.7 Å². The summed E-state index contributed by atoms with van der Waals surface area (Å²) >= 11 is 0. The molecule has 0 spiro atoms. The van der Waals surface area contributed by atoms with Gasteiger partial charge in [-0.1, -0.05) is 12.1 Å². The highest BCUT2D eigenvalue weighted by atomic mass is 32.2. The molecule has 22 nitrogen and oxygen atoms in total. The van der Waals surface area contributed by atoms with Crippen LogP contribution in [0.1, 0.15) is 57.6 Å². The van der Waals surface area contributed by atoms with E-state index < -0.39 is 103 Å². The summed E-state index contributed by atoms with van der Waals surface area (Å²) in [5, 5.41) is -0.215. The second-order valence-corrected chi connectivity index (χ2v) is 25.7. The second-order valence-electron chi connectivity index (χ2n) is 16.8. The predicted molar refractivity (Wildman–Crippen MR) is 245 cm³/mol. The van der Waals surface area contributed by atoms with Gasteiger partial charge in [0.2, 0.25) is 5.69 Å². The van der Waals surface area contributed by atoms with Gasteiger partial charge in [-0.15, -0.1) is 0 Å². The Kier molecular flexibility index (Phi) is 14.1. The normalized spacial score (nSPS) is 18.5. The van der Waals surface area contributed by atoms with E-state index in [-0.39, 0.29) is 89.5 Å². The van der Waals surface area contributed by atoms with Crippen LogP contribution in [0.25, 0.3) is 21.5 Å². The molecule has 0 aliphatic carbocycles. The number of rotatable bonds is 19. The highest BCUT2D eigenvalue weighted by Crippen LogP contribution is 2.54. The highest BCUT2D eigenvalue weighted by Gasteiger charge is 2.48. The van der Waals surface area contributed by atoms with E-state index >= 15 is 0 Å². The Morgan fingerprint density at radius 1 is 0.706 bits per heavy atom. The van der Waals surface area contributed by atoms with Gasteiger partial charge in [0, 0.05) is 70.1 Å². The third-order valence-corrected chi connectivity index (χ3v) is 16.8. The molecule has 28 heteroatoms. The van der Waals surface area contributed by atoms with Gasteiger partial charge in [-0.05, 0) is 92.8 Å². The van der Waals surface area contributed by atoms with Crippen LogP contribution in [0.2, 0.25) is 0 Å². The van der Waals surface area contributed by atoms with Gasteiger partial charge in [-0.25, -0.2) is 8.42 Å². The number of hydrogen-bond acceptors (Lipinski definition) is 16. The lowest BCUT2D eigenvalue weighted by atomic mass is 9.75. The molecule has 0 radical (unpaired) electrons. The average molecular weight is 1070 g/mol. The molecule has 5 N–H and O–H groups in total. The molecule has 2 aliphatic rings. The SMILES string of the molecule is CC1(C)C(/C=C/C=C2/N(CCCS(=O)(=O)O)c3ccc4c(S(=O)(=O)O)cc(S(=O)(=O)O)cc4c3C2(C)CCCS(=O)(=O)O)=[N+](CCCS(=O)(=O)[O-])c2ccc3cc(OC=O)cc(S(=O)(=O)O)c3c21. The van der Waals surface area contributed by atoms with Crippen LogP contribution in [-0.2, 0) is 76.3 Å². The van der Waals surface area contributed by atoms with Gasteiger partial charge < -0.3 is 14.2 Å². The Bertz CT molecular complexity index is 3580. The number of anilines is 1. The summed E-state index contributed by atoms with van der Waals surface area (Å²) in [6.07, 6.45) is 3.47. The number of hydrogen-bond donors (Lipinski definition) is 5. The molecular weight excluding hydrogens is 1020 g/mol. The summed E-state index contributed by atoms with van der Waals surface area (Å²) in [5.41, 5.74) is -1.34. The van der Waals surface area contributed by atoms with Gasteiger partial charge in [0.1, 0.15) is 22.1 Å². The standard InChI is InChI=1S/C40H44N2O20S6/c1-39(2)34(41(15-6-18-64(47,48)49)31-12-10-25-20-26(62-24-43)21-33(68(59,60)61)36(25)38(31)39)8-4-9-35-40(3,14-5-17-63(44,45)46)37-29-22-27(66(53,54)55)23-32(67(56,57)58)28(29)11-13-30(37)42(35)16-7-19-65(50,51)52/h4,8-13,20-24H,5-7,14-19H2,1-3H3,(H5-,44,45,46,47,48,49,50,51,52,53,54,55,56,57,58,59,60,61). The van der Waals surface area contributed by atoms with Crippen LogP contribution in [0, 0.1) is 0 Å². The molecule has 68 heavy (non-hydrogen) atoms. The molecule has 0 saturated carbocycles. The van der Waals surface area contributed by atoms with Crippen LogP contribution in [0.5, 0.6) is 5.75 Å². The molecule has 4 aromatic carbocycles. The molecule has 0 aromatic heterocycles. The van der Waals surface area contributed by atoms with Crippen molar-refractivity contribution in [3.8, 4) is 5.75 Å². The molecule has 1 atom stereocenters. The van der Waals surface area contributed by atoms with Crippen molar-refractivity contribution in [1.29, 1.82) is 0 Å². The largest absolute Gasteiger partial charge is 0.748 e. The van der Waals surface area contributed by atoms with Gasteiger partial charge in [-0.3, -0.25) is 27.6 Å². The van der Waals surface area contributed by atoms with Crippen LogP contribution >= 0.6 is 0 Å². The van der Waals surface area contributed by atoms with E-state index in [9.17, 15) is 82.6 Å². The smallest absolute Gasteiger partial charge is 0.298 e. The van der Waals surface area contributed by atoms with Gasteiger partial charge in [0.05, 0.1) is 31.9 Å². The van der Waals surface area contributed by atoms with Crippen molar-refractivity contribution in [2.24, 2.45) is 0 Å². The van der Waals surface area contributed by atoms with E-state index in [4.69, 9.17) is 4.74 Å². The summed E-state index contributed by atoms with van der Waals surface area (Å²) < 4.78 is 216. The summed E-state index contributed by atoms with van der Waals surface area (Å²) in [6, 6.07) is 9.36. The van der Waals surface area contributed by atoms with Gasteiger partial charge in [0.25, 0.3) is 57.1 Å². The van der Waals surface area contributed by atoms with Crippen molar-refractivity contribution in [3.05, 3.63) is 83.6 Å². The topological polar surface area (TPSA) is 362 Å². The minimum absolute atomic E-state index is 0.000446. The molecule has 6 rings (SSSR count). The minimum atomic E-state index is -5.22. The zero-order valence-corrected chi connectivity index (χ0v) is 40.9. The van der Waals surface area contributed by atoms with Crippen molar-refractivity contribution in [2.75, 3.05) is 35.2 Å². The van der Waals surface area contributed by atoms with E-state index in [2.05, 4.69) is 0 Å².